The number of rotatable bonds is 3. The van der Waals surface area contributed by atoms with E-state index in [0.717, 1.165) is 6.42 Å². The molecule has 3 rings (SSSR count). The van der Waals surface area contributed by atoms with Crippen molar-refractivity contribution >= 4 is 16.5 Å². The first-order valence-corrected chi connectivity index (χ1v) is 6.60. The SMILES string of the molecule is CNc1cccc2ccc(Cc3ccccc3)cc12. The van der Waals surface area contributed by atoms with Crippen LogP contribution in [0.4, 0.5) is 5.69 Å². The summed E-state index contributed by atoms with van der Waals surface area (Å²) in [6.07, 6.45) is 0.981. The Morgan fingerprint density at radius 1 is 0.789 bits per heavy atom. The van der Waals surface area contributed by atoms with Gasteiger partial charge in [-0.15, -0.1) is 0 Å². The van der Waals surface area contributed by atoms with Gasteiger partial charge in [0.2, 0.25) is 0 Å². The molecule has 0 spiro atoms. The number of nitrogens with one attached hydrogen (secondary N) is 1. The van der Waals surface area contributed by atoms with E-state index in [1.165, 1.54) is 27.6 Å². The second-order valence-electron chi connectivity index (χ2n) is 4.77. The van der Waals surface area contributed by atoms with Gasteiger partial charge in [0.05, 0.1) is 0 Å². The molecule has 1 nitrogen and oxygen atoms in total. The highest BCUT2D eigenvalue weighted by molar-refractivity contribution is 5.94. The molecule has 0 aromatic heterocycles. The Morgan fingerprint density at radius 2 is 1.63 bits per heavy atom. The summed E-state index contributed by atoms with van der Waals surface area (Å²) in [4.78, 5) is 0. The number of hydrogen-bond acceptors (Lipinski definition) is 1. The second kappa shape index (κ2) is 5.15. The summed E-state index contributed by atoms with van der Waals surface area (Å²) in [6, 6.07) is 23.7. The van der Waals surface area contributed by atoms with Gasteiger partial charge in [0.25, 0.3) is 0 Å². The molecule has 3 aromatic carbocycles. The zero-order valence-electron chi connectivity index (χ0n) is 11.1. The molecule has 0 saturated heterocycles. The van der Waals surface area contributed by atoms with Gasteiger partial charge in [-0.2, -0.15) is 0 Å². The van der Waals surface area contributed by atoms with Crippen molar-refractivity contribution in [2.24, 2.45) is 0 Å². The van der Waals surface area contributed by atoms with Crippen LogP contribution in [0.3, 0.4) is 0 Å². The predicted molar refractivity (Wildman–Crippen MR) is 82.7 cm³/mol. The molecule has 0 radical (unpaired) electrons. The minimum atomic E-state index is 0.981. The lowest BCUT2D eigenvalue weighted by atomic mass is 10.0. The normalized spacial score (nSPS) is 10.6. The molecule has 0 atom stereocenters. The molecule has 3 aromatic rings. The first-order chi connectivity index (χ1) is 9.36. The molecule has 0 aliphatic carbocycles. The van der Waals surface area contributed by atoms with E-state index in [2.05, 4.69) is 72.0 Å². The highest BCUT2D eigenvalue weighted by atomic mass is 14.8. The summed E-state index contributed by atoms with van der Waals surface area (Å²) in [6.45, 7) is 0. The molecule has 0 amide bonds. The second-order valence-corrected chi connectivity index (χ2v) is 4.77. The number of hydrogen-bond donors (Lipinski definition) is 1. The van der Waals surface area contributed by atoms with Gasteiger partial charge in [-0.25, -0.2) is 0 Å². The molecule has 0 bridgehead atoms. The van der Waals surface area contributed by atoms with E-state index in [-0.39, 0.29) is 0 Å². The molecule has 94 valence electrons. The Bertz CT molecular complexity index is 686. The van der Waals surface area contributed by atoms with Crippen molar-refractivity contribution in [3.63, 3.8) is 0 Å². The molecule has 19 heavy (non-hydrogen) atoms. The highest BCUT2D eigenvalue weighted by Gasteiger charge is 2.01. The fraction of sp³-hybridized carbons (Fsp3) is 0.111. The molecule has 0 heterocycles. The quantitative estimate of drug-likeness (QED) is 0.720. The van der Waals surface area contributed by atoms with Crippen molar-refractivity contribution in [2.75, 3.05) is 12.4 Å². The molecule has 0 saturated carbocycles. The summed E-state index contributed by atoms with van der Waals surface area (Å²) in [5.74, 6) is 0. The smallest absolute Gasteiger partial charge is 0.0417 e. The topological polar surface area (TPSA) is 12.0 Å². The number of benzene rings is 3. The maximum atomic E-state index is 3.26. The van der Waals surface area contributed by atoms with Gasteiger partial charge in [0.15, 0.2) is 0 Å². The van der Waals surface area contributed by atoms with Crippen LogP contribution in [-0.4, -0.2) is 7.05 Å². The van der Waals surface area contributed by atoms with E-state index in [4.69, 9.17) is 0 Å². The van der Waals surface area contributed by atoms with Crippen molar-refractivity contribution in [1.82, 2.24) is 0 Å². The summed E-state index contributed by atoms with van der Waals surface area (Å²) < 4.78 is 0. The summed E-state index contributed by atoms with van der Waals surface area (Å²) >= 11 is 0. The molecule has 0 unspecified atom stereocenters. The monoisotopic (exact) mass is 247 g/mol. The standard InChI is InChI=1S/C18H17N/c1-19-18-9-5-8-16-11-10-15(13-17(16)18)12-14-6-3-2-4-7-14/h2-11,13,19H,12H2,1H3. The average molecular weight is 247 g/mol. The number of anilines is 1. The zero-order chi connectivity index (χ0) is 13.1. The summed E-state index contributed by atoms with van der Waals surface area (Å²) in [5.41, 5.74) is 3.89. The lowest BCUT2D eigenvalue weighted by Gasteiger charge is -2.08. The van der Waals surface area contributed by atoms with Gasteiger partial charge in [0.1, 0.15) is 0 Å². The van der Waals surface area contributed by atoms with Crippen molar-refractivity contribution < 1.29 is 0 Å². The molecule has 0 aliphatic heterocycles. The van der Waals surface area contributed by atoms with E-state index >= 15 is 0 Å². The van der Waals surface area contributed by atoms with Gasteiger partial charge < -0.3 is 5.32 Å². The van der Waals surface area contributed by atoms with E-state index in [9.17, 15) is 0 Å². The third kappa shape index (κ3) is 2.45. The van der Waals surface area contributed by atoms with Crippen molar-refractivity contribution in [2.45, 2.75) is 6.42 Å². The first kappa shape index (κ1) is 11.8. The largest absolute Gasteiger partial charge is 0.388 e. The minimum absolute atomic E-state index is 0.981. The first-order valence-electron chi connectivity index (χ1n) is 6.60. The summed E-state index contributed by atoms with van der Waals surface area (Å²) in [7, 11) is 1.97. The Kier molecular flexibility index (Phi) is 3.20. The van der Waals surface area contributed by atoms with Crippen LogP contribution in [-0.2, 0) is 6.42 Å². The molecular formula is C18H17N. The van der Waals surface area contributed by atoms with E-state index in [0.29, 0.717) is 0 Å². The van der Waals surface area contributed by atoms with Gasteiger partial charge in [-0.1, -0.05) is 54.6 Å². The molecule has 0 fully saturated rings. The van der Waals surface area contributed by atoms with Crippen molar-refractivity contribution in [1.29, 1.82) is 0 Å². The summed E-state index contributed by atoms with van der Waals surface area (Å²) in [5, 5.41) is 5.83. The maximum absolute atomic E-state index is 3.26. The average Bonchev–Trinajstić information content (AvgIpc) is 2.47. The van der Waals surface area contributed by atoms with Gasteiger partial charge in [0, 0.05) is 18.1 Å². The maximum Gasteiger partial charge on any atom is 0.0417 e. The Hall–Kier alpha value is -2.28. The Balaban J connectivity index is 2.01. The third-order valence-electron chi connectivity index (χ3n) is 3.47. The van der Waals surface area contributed by atoms with Crippen molar-refractivity contribution in [3.05, 3.63) is 77.9 Å². The molecule has 0 aliphatic rings. The van der Waals surface area contributed by atoms with Crippen LogP contribution < -0.4 is 5.32 Å². The van der Waals surface area contributed by atoms with Crippen LogP contribution in [0.1, 0.15) is 11.1 Å². The molecular weight excluding hydrogens is 230 g/mol. The highest BCUT2D eigenvalue weighted by Crippen LogP contribution is 2.25. The Labute approximate surface area is 113 Å². The lowest BCUT2D eigenvalue weighted by molar-refractivity contribution is 1.20. The third-order valence-corrected chi connectivity index (χ3v) is 3.47. The van der Waals surface area contributed by atoms with E-state index in [1.54, 1.807) is 0 Å². The van der Waals surface area contributed by atoms with Crippen molar-refractivity contribution in [3.8, 4) is 0 Å². The van der Waals surface area contributed by atoms with Gasteiger partial charge in [-0.05, 0) is 35.1 Å². The Morgan fingerprint density at radius 3 is 2.42 bits per heavy atom. The van der Waals surface area contributed by atoms with Crippen LogP contribution in [0, 0.1) is 0 Å². The molecule has 1 heteroatoms. The molecule has 1 N–H and O–H groups in total. The van der Waals surface area contributed by atoms with E-state index < -0.39 is 0 Å². The van der Waals surface area contributed by atoms with Crippen LogP contribution in [0.5, 0.6) is 0 Å². The van der Waals surface area contributed by atoms with Crippen LogP contribution >= 0.6 is 0 Å². The fourth-order valence-corrected chi connectivity index (χ4v) is 2.48. The fourth-order valence-electron chi connectivity index (χ4n) is 2.48. The minimum Gasteiger partial charge on any atom is -0.388 e. The lowest BCUT2D eigenvalue weighted by Crippen LogP contribution is -1.92. The van der Waals surface area contributed by atoms with Crippen LogP contribution in [0.15, 0.2) is 66.7 Å². The van der Waals surface area contributed by atoms with E-state index in [1.807, 2.05) is 7.05 Å². The predicted octanol–water partition coefficient (Wildman–Crippen LogP) is 4.47. The zero-order valence-corrected chi connectivity index (χ0v) is 11.1. The van der Waals surface area contributed by atoms with Crippen LogP contribution in [0.2, 0.25) is 0 Å². The number of fused-ring (bicyclic) bond motifs is 1. The van der Waals surface area contributed by atoms with Gasteiger partial charge >= 0.3 is 0 Å². The van der Waals surface area contributed by atoms with Crippen LogP contribution in [0.25, 0.3) is 10.8 Å². The van der Waals surface area contributed by atoms with Gasteiger partial charge in [-0.3, -0.25) is 0 Å².